The predicted molar refractivity (Wildman–Crippen MR) is 375 cm³/mol. The molecule has 0 aromatic heterocycles. The molecule has 2 atom stereocenters. The molecule has 9 heteroatoms. The van der Waals surface area contributed by atoms with E-state index in [1.165, 1.54) is 244 Å². The van der Waals surface area contributed by atoms with Gasteiger partial charge in [0.25, 0.3) is 0 Å². The van der Waals surface area contributed by atoms with E-state index in [1.54, 1.807) is 0 Å². The number of hydrogen-bond acceptors (Lipinski definition) is 8. The van der Waals surface area contributed by atoms with Gasteiger partial charge < -0.3 is 33.3 Å². The van der Waals surface area contributed by atoms with Crippen LogP contribution in [0.4, 0.5) is 0 Å². The number of quaternary nitrogens is 1. The zero-order valence-electron chi connectivity index (χ0n) is 58.6. The summed E-state index contributed by atoms with van der Waals surface area (Å²) in [5.41, 5.74) is 0. The van der Waals surface area contributed by atoms with Crippen LogP contribution in [0, 0.1) is 0 Å². The summed E-state index contributed by atoms with van der Waals surface area (Å²) in [5.74, 6) is -2.27. The first kappa shape index (κ1) is 84.7. The van der Waals surface area contributed by atoms with E-state index in [4.69, 9.17) is 18.9 Å². The highest BCUT2D eigenvalue weighted by Crippen LogP contribution is 2.19. The second-order valence-electron chi connectivity index (χ2n) is 26.6. The number of esters is 2. The molecular weight excluding hydrogens is 1090 g/mol. The molecule has 0 aromatic carbocycles. The van der Waals surface area contributed by atoms with Crippen LogP contribution in [0.1, 0.15) is 354 Å². The average Bonchev–Trinajstić information content (AvgIpc) is 3.50. The minimum Gasteiger partial charge on any atom is -0.545 e. The third-order valence-corrected chi connectivity index (χ3v) is 16.7. The van der Waals surface area contributed by atoms with Crippen LogP contribution in [0.3, 0.4) is 0 Å². The second kappa shape index (κ2) is 69.6. The number of ether oxygens (including phenoxy) is 4. The lowest BCUT2D eigenvalue weighted by Crippen LogP contribution is -2.44. The van der Waals surface area contributed by atoms with E-state index < -0.39 is 24.3 Å². The van der Waals surface area contributed by atoms with Gasteiger partial charge in [-0.25, -0.2) is 0 Å². The van der Waals surface area contributed by atoms with Crippen molar-refractivity contribution in [1.82, 2.24) is 0 Å². The maximum atomic E-state index is 13.0. The van der Waals surface area contributed by atoms with Crippen molar-refractivity contribution in [3.8, 4) is 0 Å². The minimum absolute atomic E-state index is 0.147. The number of aliphatic carboxylic acids is 1. The van der Waals surface area contributed by atoms with Gasteiger partial charge in [-0.2, -0.15) is 0 Å². The van der Waals surface area contributed by atoms with Crippen molar-refractivity contribution < 1.29 is 42.9 Å². The first-order chi connectivity index (χ1) is 43.1. The van der Waals surface area contributed by atoms with E-state index in [2.05, 4.69) is 86.8 Å². The number of carbonyl (C=O) groups excluding carboxylic acids is 3. The van der Waals surface area contributed by atoms with Crippen molar-refractivity contribution in [2.75, 3.05) is 47.5 Å². The van der Waals surface area contributed by atoms with Crippen LogP contribution in [-0.4, -0.2) is 82.3 Å². The third kappa shape index (κ3) is 70.2. The summed E-state index contributed by atoms with van der Waals surface area (Å²) < 4.78 is 22.8. The molecule has 0 fully saturated rings. The van der Waals surface area contributed by atoms with Crippen molar-refractivity contribution in [2.45, 2.75) is 367 Å². The smallest absolute Gasteiger partial charge is 0.306 e. The second-order valence-corrected chi connectivity index (χ2v) is 26.6. The number of rotatable bonds is 70. The summed E-state index contributed by atoms with van der Waals surface area (Å²) in [5, 5.41) is 11.8. The van der Waals surface area contributed by atoms with E-state index in [1.807, 2.05) is 21.1 Å². The van der Waals surface area contributed by atoms with Gasteiger partial charge in [-0.15, -0.1) is 0 Å². The van der Waals surface area contributed by atoms with Crippen LogP contribution in [0.2, 0.25) is 0 Å². The molecular formula is C79H143NO8. The maximum absolute atomic E-state index is 13.0. The van der Waals surface area contributed by atoms with Gasteiger partial charge in [-0.1, -0.05) is 350 Å². The van der Waals surface area contributed by atoms with E-state index >= 15 is 0 Å². The quantitative estimate of drug-likeness (QED) is 0.0195. The molecule has 9 nitrogen and oxygen atoms in total. The molecule has 0 bridgehead atoms. The van der Waals surface area contributed by atoms with Crippen molar-refractivity contribution in [3.63, 3.8) is 0 Å². The number of carbonyl (C=O) groups is 3. The van der Waals surface area contributed by atoms with Crippen molar-refractivity contribution in [2.24, 2.45) is 0 Å². The summed E-state index contributed by atoms with van der Waals surface area (Å²) in [6, 6.07) is 0. The normalized spacial score (nSPS) is 13.1. The van der Waals surface area contributed by atoms with E-state index in [-0.39, 0.29) is 32.2 Å². The Morgan fingerprint density at radius 3 is 0.966 bits per heavy atom. The molecule has 512 valence electrons. The van der Waals surface area contributed by atoms with E-state index in [0.29, 0.717) is 23.9 Å². The lowest BCUT2D eigenvalue weighted by Gasteiger charge is -2.26. The van der Waals surface area contributed by atoms with Crippen LogP contribution in [0.5, 0.6) is 0 Å². The zero-order chi connectivity index (χ0) is 64.0. The topological polar surface area (TPSA) is 111 Å². The molecule has 0 aliphatic rings. The van der Waals surface area contributed by atoms with Crippen LogP contribution < -0.4 is 5.11 Å². The Morgan fingerprint density at radius 2 is 0.648 bits per heavy atom. The lowest BCUT2D eigenvalue weighted by atomic mass is 10.0. The molecule has 0 N–H and O–H groups in total. The Bertz CT molecular complexity index is 1680. The molecule has 0 saturated carbocycles. The van der Waals surface area contributed by atoms with Gasteiger partial charge in [0.15, 0.2) is 12.4 Å². The van der Waals surface area contributed by atoms with Crippen LogP contribution in [0.25, 0.3) is 0 Å². The summed E-state index contributed by atoms with van der Waals surface area (Å²) in [6.45, 7) is 4.69. The SMILES string of the molecule is CC/C=C\C/C=C\C/C=C\C/C=C\C/C=C\C/C=C\CCCCCCCCCCCCCCC(=O)OC(COC(=O)CCCCCCCCCCCCCCCCCCCCCCCCCCCCCCCCCC)COC(OCC[N+](C)(C)C)C(=O)[O-]. The molecule has 0 aliphatic heterocycles. The molecule has 0 radical (unpaired) electrons. The van der Waals surface area contributed by atoms with Gasteiger partial charge in [0.2, 0.25) is 0 Å². The molecule has 2 unspecified atom stereocenters. The molecule has 0 spiro atoms. The highest BCUT2D eigenvalue weighted by Gasteiger charge is 2.22. The van der Waals surface area contributed by atoms with Gasteiger partial charge in [0, 0.05) is 12.8 Å². The molecule has 0 heterocycles. The number of hydrogen-bond donors (Lipinski definition) is 0. The standard InChI is InChI=1S/C79H143NO8/c1-6-8-10-12-14-16-18-20-22-24-26-28-30-32-34-36-38-40-41-43-45-47-49-51-53-55-57-59-61-63-65-67-69-76(81)86-73-75(74-87-79(78(83)84)85-72-71-80(3,4)5)88-77(82)70-68-66-64-62-60-58-56-54-52-50-48-46-44-42-39-37-35-33-31-29-27-25-23-21-19-17-15-13-11-9-7-2/h9,11,15,17,21,23,27,29,33,35,39,42,75,79H,6-8,10,12-14,16,18-20,22,24-26,28,30-32,34,36-38,40-41,43-74H2,1-5H3/b11-9-,17-15-,23-21-,29-27-,35-33-,42-39-. The molecule has 0 aliphatic carbocycles. The number of unbranched alkanes of at least 4 members (excludes halogenated alkanes) is 43. The summed E-state index contributed by atoms with van der Waals surface area (Å²) in [4.78, 5) is 37.6. The fourth-order valence-electron chi connectivity index (χ4n) is 11.0. The Labute approximate surface area is 545 Å². The molecule has 0 aromatic rings. The Morgan fingerprint density at radius 1 is 0.352 bits per heavy atom. The zero-order valence-corrected chi connectivity index (χ0v) is 58.6. The number of nitrogens with zero attached hydrogens (tertiary/aromatic N) is 1. The van der Waals surface area contributed by atoms with Crippen molar-refractivity contribution in [3.05, 3.63) is 72.9 Å². The lowest BCUT2D eigenvalue weighted by molar-refractivity contribution is -0.870. The van der Waals surface area contributed by atoms with Crippen LogP contribution >= 0.6 is 0 Å². The molecule has 0 rings (SSSR count). The van der Waals surface area contributed by atoms with Crippen LogP contribution in [-0.2, 0) is 33.3 Å². The number of carboxylic acid groups (broad SMARTS) is 1. The number of allylic oxidation sites excluding steroid dienone is 12. The number of carboxylic acids is 1. The van der Waals surface area contributed by atoms with E-state index in [0.717, 1.165) is 77.0 Å². The van der Waals surface area contributed by atoms with Crippen molar-refractivity contribution >= 4 is 17.9 Å². The fraction of sp³-hybridized carbons (Fsp3) is 0.810. The Balaban J connectivity index is 4.05. The highest BCUT2D eigenvalue weighted by molar-refractivity contribution is 5.70. The first-order valence-corrected chi connectivity index (χ1v) is 37.6. The summed E-state index contributed by atoms with van der Waals surface area (Å²) in [7, 11) is 5.94. The molecule has 0 amide bonds. The third-order valence-electron chi connectivity index (χ3n) is 16.7. The van der Waals surface area contributed by atoms with Gasteiger partial charge in [-0.05, 0) is 64.2 Å². The van der Waals surface area contributed by atoms with Gasteiger partial charge in [-0.3, -0.25) is 9.59 Å². The minimum atomic E-state index is -1.62. The van der Waals surface area contributed by atoms with Crippen molar-refractivity contribution in [1.29, 1.82) is 0 Å². The largest absolute Gasteiger partial charge is 0.545 e. The van der Waals surface area contributed by atoms with Gasteiger partial charge in [0.05, 0.1) is 40.3 Å². The van der Waals surface area contributed by atoms with Gasteiger partial charge in [0.1, 0.15) is 13.2 Å². The Hall–Kier alpha value is -3.27. The molecule has 0 saturated heterocycles. The fourth-order valence-corrected chi connectivity index (χ4v) is 11.0. The summed E-state index contributed by atoms with van der Waals surface area (Å²) in [6.07, 6.45) is 90.1. The number of likely N-dealkylation sites (N-methyl/N-ethyl adjacent to an activating group) is 1. The van der Waals surface area contributed by atoms with Crippen LogP contribution in [0.15, 0.2) is 72.9 Å². The maximum Gasteiger partial charge on any atom is 0.306 e. The summed E-state index contributed by atoms with van der Waals surface area (Å²) >= 11 is 0. The predicted octanol–water partition coefficient (Wildman–Crippen LogP) is 22.3. The Kier molecular flexibility index (Phi) is 67.0. The monoisotopic (exact) mass is 1230 g/mol. The average molecular weight is 1240 g/mol. The highest BCUT2D eigenvalue weighted by atomic mass is 16.7. The molecule has 88 heavy (non-hydrogen) atoms. The van der Waals surface area contributed by atoms with E-state index in [9.17, 15) is 19.5 Å². The van der Waals surface area contributed by atoms with Gasteiger partial charge >= 0.3 is 11.9 Å². The first-order valence-electron chi connectivity index (χ1n) is 37.6.